The molecule has 0 aliphatic heterocycles. The molecule has 0 bridgehead atoms. The molecular weight excluding hydrogens is 326 g/mol. The Hall–Kier alpha value is -3.14. The summed E-state index contributed by atoms with van der Waals surface area (Å²) in [7, 11) is 0. The van der Waals surface area contributed by atoms with E-state index in [2.05, 4.69) is 36.1 Å². The summed E-state index contributed by atoms with van der Waals surface area (Å²) >= 11 is 0. The molecule has 1 fully saturated rings. The van der Waals surface area contributed by atoms with Gasteiger partial charge in [-0.3, -0.25) is 4.79 Å². The Morgan fingerprint density at radius 3 is 2.88 bits per heavy atom. The summed E-state index contributed by atoms with van der Waals surface area (Å²) in [6.07, 6.45) is 2.21. The van der Waals surface area contributed by atoms with Gasteiger partial charge < -0.3 is 14.6 Å². The second-order valence-electron chi connectivity index (χ2n) is 5.67. The van der Waals surface area contributed by atoms with Crippen LogP contribution in [0.2, 0.25) is 0 Å². The molecule has 0 saturated heterocycles. The molecule has 1 aliphatic carbocycles. The number of rotatable bonds is 7. The zero-order chi connectivity index (χ0) is 17.1. The van der Waals surface area contributed by atoms with E-state index in [0.29, 0.717) is 23.3 Å². The first kappa shape index (κ1) is 15.4. The van der Waals surface area contributed by atoms with Crippen molar-refractivity contribution in [3.05, 3.63) is 36.0 Å². The van der Waals surface area contributed by atoms with Crippen LogP contribution in [-0.2, 0) is 16.1 Å². The molecule has 2 N–H and O–H groups in total. The predicted octanol–water partition coefficient (Wildman–Crippen LogP) is 1.28. The lowest BCUT2D eigenvalue weighted by Crippen LogP contribution is -2.18. The lowest BCUT2D eigenvalue weighted by molar-refractivity contribution is -0.121. The van der Waals surface area contributed by atoms with Gasteiger partial charge in [-0.25, -0.2) is 0 Å². The molecule has 0 radical (unpaired) electrons. The number of tetrazole rings is 1. The molecule has 3 aromatic rings. The highest BCUT2D eigenvalue weighted by atomic mass is 16.5. The molecule has 1 amide bonds. The van der Waals surface area contributed by atoms with Gasteiger partial charge in [0.25, 0.3) is 5.89 Å². The minimum Gasteiger partial charge on any atom is -0.362 e. The second kappa shape index (κ2) is 6.77. The number of amides is 1. The third kappa shape index (κ3) is 3.86. The van der Waals surface area contributed by atoms with E-state index in [1.54, 1.807) is 24.3 Å². The van der Waals surface area contributed by atoms with Crippen LogP contribution in [0.15, 0.2) is 28.8 Å². The molecule has 1 aromatic carbocycles. The quantitative estimate of drug-likeness (QED) is 0.657. The van der Waals surface area contributed by atoms with Crippen molar-refractivity contribution in [3.63, 3.8) is 0 Å². The summed E-state index contributed by atoms with van der Waals surface area (Å²) < 4.78 is 10.4. The number of hydrogen-bond donors (Lipinski definition) is 2. The van der Waals surface area contributed by atoms with Gasteiger partial charge in [0.15, 0.2) is 5.82 Å². The van der Waals surface area contributed by atoms with Crippen molar-refractivity contribution in [1.82, 2.24) is 30.8 Å². The fourth-order valence-corrected chi connectivity index (χ4v) is 2.25. The van der Waals surface area contributed by atoms with Crippen LogP contribution in [0.4, 0.5) is 5.69 Å². The van der Waals surface area contributed by atoms with Gasteiger partial charge in [0.1, 0.15) is 13.2 Å². The van der Waals surface area contributed by atoms with Gasteiger partial charge >= 0.3 is 0 Å². The van der Waals surface area contributed by atoms with Crippen molar-refractivity contribution in [1.29, 1.82) is 0 Å². The number of anilines is 1. The van der Waals surface area contributed by atoms with Gasteiger partial charge in [0.2, 0.25) is 11.7 Å². The first-order chi connectivity index (χ1) is 12.3. The van der Waals surface area contributed by atoms with Gasteiger partial charge in [-0.15, -0.1) is 10.2 Å². The SMILES string of the molecule is O=C(COCc1nc(C2CC2)no1)Nc1ccc(-c2nn[nH]n2)cc1. The maximum atomic E-state index is 11.9. The number of nitrogens with zero attached hydrogens (tertiary/aromatic N) is 5. The Balaban J connectivity index is 1.24. The van der Waals surface area contributed by atoms with Crippen LogP contribution in [0.25, 0.3) is 11.4 Å². The number of carbonyl (C=O) groups is 1. The molecule has 0 atom stereocenters. The predicted molar refractivity (Wildman–Crippen MR) is 84.2 cm³/mol. The van der Waals surface area contributed by atoms with Crippen molar-refractivity contribution in [2.24, 2.45) is 0 Å². The smallest absolute Gasteiger partial charge is 0.252 e. The van der Waals surface area contributed by atoms with Crippen molar-refractivity contribution in [3.8, 4) is 11.4 Å². The van der Waals surface area contributed by atoms with Crippen molar-refractivity contribution in [2.75, 3.05) is 11.9 Å². The highest BCUT2D eigenvalue weighted by Gasteiger charge is 2.28. The number of aromatic amines is 1. The molecule has 1 aliphatic rings. The fourth-order valence-electron chi connectivity index (χ4n) is 2.25. The Morgan fingerprint density at radius 1 is 1.32 bits per heavy atom. The van der Waals surface area contributed by atoms with E-state index in [1.165, 1.54) is 0 Å². The number of nitrogens with one attached hydrogen (secondary N) is 2. The third-order valence-corrected chi connectivity index (χ3v) is 3.66. The van der Waals surface area contributed by atoms with E-state index in [4.69, 9.17) is 9.26 Å². The zero-order valence-corrected chi connectivity index (χ0v) is 13.2. The number of hydrogen-bond acceptors (Lipinski definition) is 8. The number of aromatic nitrogens is 6. The normalized spacial score (nSPS) is 13.8. The molecular formula is C15H15N7O3. The first-order valence-corrected chi connectivity index (χ1v) is 7.82. The first-order valence-electron chi connectivity index (χ1n) is 7.82. The Kier molecular flexibility index (Phi) is 4.17. The van der Waals surface area contributed by atoms with Crippen LogP contribution in [0, 0.1) is 0 Å². The van der Waals surface area contributed by atoms with Crippen LogP contribution in [0.3, 0.4) is 0 Å². The minimum absolute atomic E-state index is 0.103. The topological polar surface area (TPSA) is 132 Å². The molecule has 10 nitrogen and oxygen atoms in total. The molecule has 1 saturated carbocycles. The highest BCUT2D eigenvalue weighted by Crippen LogP contribution is 2.38. The van der Waals surface area contributed by atoms with Gasteiger partial charge in [0.05, 0.1) is 0 Å². The zero-order valence-electron chi connectivity index (χ0n) is 13.2. The van der Waals surface area contributed by atoms with Crippen LogP contribution in [0.1, 0.15) is 30.5 Å². The van der Waals surface area contributed by atoms with E-state index in [1.807, 2.05) is 0 Å². The van der Waals surface area contributed by atoms with E-state index in [9.17, 15) is 4.79 Å². The van der Waals surface area contributed by atoms with Crippen LogP contribution < -0.4 is 5.32 Å². The van der Waals surface area contributed by atoms with Crippen LogP contribution in [-0.4, -0.2) is 43.3 Å². The van der Waals surface area contributed by atoms with Gasteiger partial charge in [-0.1, -0.05) is 5.16 Å². The molecule has 25 heavy (non-hydrogen) atoms. The molecule has 4 rings (SSSR count). The van der Waals surface area contributed by atoms with Gasteiger partial charge in [-0.05, 0) is 42.3 Å². The number of benzene rings is 1. The van der Waals surface area contributed by atoms with Gasteiger partial charge in [-0.2, -0.15) is 10.2 Å². The van der Waals surface area contributed by atoms with E-state index in [-0.39, 0.29) is 19.1 Å². The maximum absolute atomic E-state index is 11.9. The van der Waals surface area contributed by atoms with E-state index >= 15 is 0 Å². The summed E-state index contributed by atoms with van der Waals surface area (Å²) in [6, 6.07) is 7.09. The number of H-pyrrole nitrogens is 1. The second-order valence-corrected chi connectivity index (χ2v) is 5.67. The summed E-state index contributed by atoms with van der Waals surface area (Å²) in [5.74, 6) is 1.76. The standard InChI is InChI=1S/C15H15N7O3/c23-12(7-24-8-13-17-14(20-25-13)9-1-2-9)16-11-5-3-10(4-6-11)15-18-21-22-19-15/h3-6,9H,1-2,7-8H2,(H,16,23)(H,18,19,21,22). The van der Waals surface area contributed by atoms with E-state index in [0.717, 1.165) is 24.2 Å². The highest BCUT2D eigenvalue weighted by molar-refractivity contribution is 5.91. The molecule has 0 spiro atoms. The maximum Gasteiger partial charge on any atom is 0.252 e. The lowest BCUT2D eigenvalue weighted by atomic mass is 10.2. The minimum atomic E-state index is -0.269. The Bertz CT molecular complexity index is 840. The summed E-state index contributed by atoms with van der Waals surface area (Å²) in [6.45, 7) is 0.0115. The number of ether oxygens (including phenoxy) is 1. The van der Waals surface area contributed by atoms with Gasteiger partial charge in [0, 0.05) is 17.2 Å². The molecule has 128 valence electrons. The van der Waals surface area contributed by atoms with Crippen LogP contribution in [0.5, 0.6) is 0 Å². The molecule has 2 aromatic heterocycles. The average molecular weight is 341 g/mol. The average Bonchev–Trinajstić information content (AvgIpc) is 3.12. The molecule has 0 unspecified atom stereocenters. The monoisotopic (exact) mass is 341 g/mol. The summed E-state index contributed by atoms with van der Waals surface area (Å²) in [5.41, 5.74) is 1.44. The van der Waals surface area contributed by atoms with Crippen molar-refractivity contribution in [2.45, 2.75) is 25.4 Å². The molecule has 2 heterocycles. The van der Waals surface area contributed by atoms with Crippen molar-refractivity contribution < 1.29 is 14.1 Å². The summed E-state index contributed by atoms with van der Waals surface area (Å²) in [5, 5.41) is 20.3. The Labute approximate surface area is 142 Å². The van der Waals surface area contributed by atoms with Crippen molar-refractivity contribution >= 4 is 11.6 Å². The third-order valence-electron chi connectivity index (χ3n) is 3.66. The molecule has 10 heteroatoms. The number of carbonyl (C=O) groups excluding carboxylic acids is 1. The Morgan fingerprint density at radius 2 is 2.16 bits per heavy atom. The van der Waals surface area contributed by atoms with E-state index < -0.39 is 0 Å². The lowest BCUT2D eigenvalue weighted by Gasteiger charge is -2.05. The van der Waals surface area contributed by atoms with Crippen LogP contribution >= 0.6 is 0 Å². The fraction of sp³-hybridized carbons (Fsp3) is 0.333. The largest absolute Gasteiger partial charge is 0.362 e. The summed E-state index contributed by atoms with van der Waals surface area (Å²) in [4.78, 5) is 16.1.